The van der Waals surface area contributed by atoms with Gasteiger partial charge >= 0.3 is 0 Å². The molecule has 0 aliphatic carbocycles. The van der Waals surface area contributed by atoms with Crippen molar-refractivity contribution in [2.75, 3.05) is 0 Å². The lowest BCUT2D eigenvalue weighted by Crippen LogP contribution is -1.91. The zero-order chi connectivity index (χ0) is 35.3. The molecule has 2 heteroatoms. The monoisotopic (exact) mass is 702 g/mol. The molecule has 2 heterocycles. The van der Waals surface area contributed by atoms with Gasteiger partial charge in [-0.05, 0) is 101 Å². The molecule has 1 nitrogen and oxygen atoms in total. The molecule has 0 bridgehead atoms. The van der Waals surface area contributed by atoms with E-state index in [1.165, 1.54) is 96.6 Å². The highest BCUT2D eigenvalue weighted by Gasteiger charge is 2.19. The van der Waals surface area contributed by atoms with Gasteiger partial charge in [-0.25, -0.2) is 0 Å². The van der Waals surface area contributed by atoms with E-state index >= 15 is 0 Å². The molecule has 0 radical (unpaired) electrons. The van der Waals surface area contributed by atoms with E-state index in [2.05, 4.69) is 182 Å². The first-order chi connectivity index (χ1) is 26.8. The molecule has 0 aliphatic heterocycles. The zero-order valence-corrected chi connectivity index (χ0v) is 30.0. The molecule has 0 unspecified atom stereocenters. The minimum Gasteiger partial charge on any atom is -0.455 e. The molecular weight excluding hydrogens is 673 g/mol. The SMILES string of the molecule is c1ccc2c(-c3c4ccccc4c(-c4ccc(-c5ccc6oc7c(ccc8ccc9sc%10ccccc%10c9c87)c6c5)cc4)c4ccccc34)cccc2c1. The summed E-state index contributed by atoms with van der Waals surface area (Å²) in [5, 5.41) is 14.9. The fourth-order valence-electron chi connectivity index (χ4n) is 9.04. The Labute approximate surface area is 314 Å². The molecule has 12 rings (SSSR count). The van der Waals surface area contributed by atoms with E-state index in [1.54, 1.807) is 0 Å². The van der Waals surface area contributed by atoms with Crippen LogP contribution in [0.1, 0.15) is 0 Å². The van der Waals surface area contributed by atoms with Gasteiger partial charge in [0.15, 0.2) is 0 Å². The van der Waals surface area contributed by atoms with Gasteiger partial charge in [0.2, 0.25) is 0 Å². The summed E-state index contributed by atoms with van der Waals surface area (Å²) in [7, 11) is 0. The van der Waals surface area contributed by atoms with Gasteiger partial charge < -0.3 is 4.42 Å². The fourth-order valence-corrected chi connectivity index (χ4v) is 10.2. The van der Waals surface area contributed by atoms with Crippen LogP contribution in [-0.4, -0.2) is 0 Å². The van der Waals surface area contributed by atoms with Gasteiger partial charge in [0.1, 0.15) is 11.2 Å². The number of furan rings is 1. The Morgan fingerprint density at radius 3 is 1.72 bits per heavy atom. The van der Waals surface area contributed by atoms with Crippen LogP contribution in [0.15, 0.2) is 186 Å². The summed E-state index contributed by atoms with van der Waals surface area (Å²) < 4.78 is 9.31. The molecule has 0 spiro atoms. The predicted molar refractivity (Wildman–Crippen MR) is 233 cm³/mol. The highest BCUT2D eigenvalue weighted by molar-refractivity contribution is 7.26. The van der Waals surface area contributed by atoms with E-state index in [-0.39, 0.29) is 0 Å². The molecule has 54 heavy (non-hydrogen) atoms. The standard InChI is InChI=1S/C52H30OS/c1-2-12-36-32(10-1)11-9-18-37(36)50-40-15-5-3-13-38(40)48(39-14-4-6-16-41(39)50)33-22-20-31(21-23-33)35-25-28-45-44(30-35)42-27-24-34-26-29-47-51(49(34)52(42)53-45)43-17-7-8-19-46(43)54-47/h1-30H. The molecular formula is C52H30OS. The summed E-state index contributed by atoms with van der Waals surface area (Å²) in [4.78, 5) is 0. The van der Waals surface area contributed by atoms with Crippen molar-refractivity contribution in [3.63, 3.8) is 0 Å². The van der Waals surface area contributed by atoms with Crippen LogP contribution >= 0.6 is 11.3 Å². The molecule has 250 valence electrons. The second-order valence-corrected chi connectivity index (χ2v) is 15.4. The predicted octanol–water partition coefficient (Wildman–Crippen LogP) is 15.6. The van der Waals surface area contributed by atoms with Crippen molar-refractivity contribution in [3.8, 4) is 33.4 Å². The quantitative estimate of drug-likeness (QED) is 0.167. The molecule has 0 fully saturated rings. The van der Waals surface area contributed by atoms with Crippen LogP contribution in [0.25, 0.3) is 119 Å². The molecule has 2 aromatic heterocycles. The Morgan fingerprint density at radius 2 is 0.944 bits per heavy atom. The van der Waals surface area contributed by atoms with Crippen molar-refractivity contribution < 1.29 is 4.42 Å². The second-order valence-electron chi connectivity index (χ2n) is 14.3. The van der Waals surface area contributed by atoms with Crippen molar-refractivity contribution in [2.24, 2.45) is 0 Å². The van der Waals surface area contributed by atoms with Crippen molar-refractivity contribution >= 4 is 96.5 Å². The summed E-state index contributed by atoms with van der Waals surface area (Å²) >= 11 is 1.85. The van der Waals surface area contributed by atoms with Gasteiger partial charge in [0.05, 0.1) is 0 Å². The first-order valence-electron chi connectivity index (χ1n) is 18.5. The smallest absolute Gasteiger partial charge is 0.143 e. The molecule has 0 aliphatic rings. The summed E-state index contributed by atoms with van der Waals surface area (Å²) in [6.07, 6.45) is 0. The normalized spacial score (nSPS) is 12.1. The highest BCUT2D eigenvalue weighted by atomic mass is 32.1. The number of rotatable bonds is 3. The van der Waals surface area contributed by atoms with Crippen LogP contribution < -0.4 is 0 Å². The largest absolute Gasteiger partial charge is 0.455 e. The summed E-state index contributed by atoms with van der Waals surface area (Å²) in [6.45, 7) is 0. The van der Waals surface area contributed by atoms with Gasteiger partial charge in [-0.3, -0.25) is 0 Å². The van der Waals surface area contributed by atoms with Gasteiger partial charge in [0.25, 0.3) is 0 Å². The molecule has 0 saturated heterocycles. The van der Waals surface area contributed by atoms with Gasteiger partial charge in [-0.2, -0.15) is 0 Å². The number of benzene rings is 10. The van der Waals surface area contributed by atoms with E-state index in [0.29, 0.717) is 0 Å². The number of thiophene rings is 1. The Balaban J connectivity index is 1.02. The van der Waals surface area contributed by atoms with E-state index in [1.807, 2.05) is 11.3 Å². The van der Waals surface area contributed by atoms with Crippen molar-refractivity contribution in [1.29, 1.82) is 0 Å². The summed E-state index contributed by atoms with van der Waals surface area (Å²) in [5.74, 6) is 0. The lowest BCUT2D eigenvalue weighted by Gasteiger charge is -2.19. The lowest BCUT2D eigenvalue weighted by molar-refractivity contribution is 0.673. The van der Waals surface area contributed by atoms with E-state index in [0.717, 1.165) is 21.9 Å². The third kappa shape index (κ3) is 4.26. The van der Waals surface area contributed by atoms with Crippen LogP contribution in [0.4, 0.5) is 0 Å². The molecule has 0 atom stereocenters. The van der Waals surface area contributed by atoms with Crippen LogP contribution in [-0.2, 0) is 0 Å². The maximum atomic E-state index is 6.71. The van der Waals surface area contributed by atoms with Crippen molar-refractivity contribution in [2.45, 2.75) is 0 Å². The van der Waals surface area contributed by atoms with Crippen molar-refractivity contribution in [1.82, 2.24) is 0 Å². The Bertz CT molecular complexity index is 3430. The average Bonchev–Trinajstić information content (AvgIpc) is 3.81. The van der Waals surface area contributed by atoms with Crippen LogP contribution in [0, 0.1) is 0 Å². The molecule has 10 aromatic carbocycles. The molecule has 12 aromatic rings. The average molecular weight is 703 g/mol. The molecule has 0 amide bonds. The first kappa shape index (κ1) is 29.8. The number of hydrogen-bond acceptors (Lipinski definition) is 2. The Kier molecular flexibility index (Phi) is 6.28. The van der Waals surface area contributed by atoms with Gasteiger partial charge in [0, 0.05) is 36.3 Å². The van der Waals surface area contributed by atoms with Gasteiger partial charge in [-0.15, -0.1) is 11.3 Å². The third-order valence-electron chi connectivity index (χ3n) is 11.5. The minimum atomic E-state index is 0.915. The van der Waals surface area contributed by atoms with Crippen LogP contribution in [0.5, 0.6) is 0 Å². The van der Waals surface area contributed by atoms with Crippen LogP contribution in [0.3, 0.4) is 0 Å². The Morgan fingerprint density at radius 1 is 0.333 bits per heavy atom. The minimum absolute atomic E-state index is 0.915. The van der Waals surface area contributed by atoms with E-state index < -0.39 is 0 Å². The maximum Gasteiger partial charge on any atom is 0.143 e. The van der Waals surface area contributed by atoms with E-state index in [9.17, 15) is 0 Å². The zero-order valence-electron chi connectivity index (χ0n) is 29.1. The second kappa shape index (κ2) is 11.4. The van der Waals surface area contributed by atoms with Gasteiger partial charge in [-0.1, -0.05) is 152 Å². The number of hydrogen-bond donors (Lipinski definition) is 0. The third-order valence-corrected chi connectivity index (χ3v) is 12.6. The Hall–Kier alpha value is -6.74. The molecule has 0 saturated carbocycles. The van der Waals surface area contributed by atoms with Crippen LogP contribution in [0.2, 0.25) is 0 Å². The topological polar surface area (TPSA) is 13.1 Å². The first-order valence-corrected chi connectivity index (χ1v) is 19.3. The maximum absolute atomic E-state index is 6.71. The summed E-state index contributed by atoms with van der Waals surface area (Å²) in [6, 6.07) is 66.7. The number of fused-ring (bicyclic) bond motifs is 12. The van der Waals surface area contributed by atoms with E-state index in [4.69, 9.17) is 4.42 Å². The van der Waals surface area contributed by atoms with Crippen molar-refractivity contribution in [3.05, 3.63) is 182 Å². The molecule has 0 N–H and O–H groups in total. The fraction of sp³-hybridized carbons (Fsp3) is 0. The highest BCUT2D eigenvalue weighted by Crippen LogP contribution is 2.47. The summed E-state index contributed by atoms with van der Waals surface area (Å²) in [5.41, 5.74) is 9.29. The lowest BCUT2D eigenvalue weighted by atomic mass is 9.84.